The molecule has 38 heavy (non-hydrogen) atoms. The van der Waals surface area contributed by atoms with Gasteiger partial charge in [-0.3, -0.25) is 4.79 Å². The average molecular weight is 524 g/mol. The smallest absolute Gasteiger partial charge is 0.255 e. The first kappa shape index (κ1) is 24.7. The molecule has 0 radical (unpaired) electrons. The number of H-pyrrole nitrogens is 1. The van der Waals surface area contributed by atoms with E-state index in [2.05, 4.69) is 30.7 Å². The van der Waals surface area contributed by atoms with Gasteiger partial charge in [-0.1, -0.05) is 0 Å². The molecule has 2 saturated carbocycles. The molecule has 0 bridgehead atoms. The average Bonchev–Trinajstić information content (AvgIpc) is 3.54. The molecule has 200 valence electrons. The largest absolute Gasteiger partial charge is 0.381 e. The number of aromatic amines is 1. The van der Waals surface area contributed by atoms with E-state index in [4.69, 9.17) is 4.74 Å². The highest BCUT2D eigenvalue weighted by molar-refractivity contribution is 6.02. The number of ether oxygens (including phenoxy) is 1. The van der Waals surface area contributed by atoms with Crippen LogP contribution in [0.2, 0.25) is 0 Å². The number of aromatic nitrogens is 5. The molecule has 0 spiro atoms. The number of alkyl halides is 2. The van der Waals surface area contributed by atoms with Gasteiger partial charge in [-0.15, -0.1) is 0 Å². The first-order valence-electron chi connectivity index (χ1n) is 13.2. The van der Waals surface area contributed by atoms with Gasteiger partial charge in [-0.2, -0.15) is 10.1 Å². The predicted molar refractivity (Wildman–Crippen MR) is 139 cm³/mol. The van der Waals surface area contributed by atoms with Crippen LogP contribution in [0.4, 0.5) is 14.7 Å². The zero-order chi connectivity index (χ0) is 26.3. The molecule has 0 atom stereocenters. The number of amides is 1. The second-order valence-electron chi connectivity index (χ2n) is 10.4. The number of methoxy groups -OCH3 is 1. The molecule has 0 unspecified atom stereocenters. The van der Waals surface area contributed by atoms with E-state index in [0.29, 0.717) is 35.5 Å². The molecule has 3 N–H and O–H groups in total. The third kappa shape index (κ3) is 4.94. The highest BCUT2D eigenvalue weighted by Crippen LogP contribution is 2.34. The van der Waals surface area contributed by atoms with Gasteiger partial charge in [-0.25, -0.2) is 18.3 Å². The van der Waals surface area contributed by atoms with Crippen LogP contribution in [-0.4, -0.2) is 61.7 Å². The van der Waals surface area contributed by atoms with Gasteiger partial charge in [0.25, 0.3) is 5.91 Å². The van der Waals surface area contributed by atoms with E-state index in [1.807, 2.05) is 24.5 Å². The zero-order valence-corrected chi connectivity index (χ0v) is 21.2. The number of fused-ring (bicyclic) bond motifs is 2. The van der Waals surface area contributed by atoms with E-state index in [1.54, 1.807) is 24.0 Å². The number of nitrogens with one attached hydrogen (secondary N) is 3. The van der Waals surface area contributed by atoms with Crippen LogP contribution in [0.25, 0.3) is 27.7 Å². The van der Waals surface area contributed by atoms with Crippen molar-refractivity contribution in [1.82, 2.24) is 29.9 Å². The van der Waals surface area contributed by atoms with E-state index in [1.165, 1.54) is 0 Å². The molecule has 2 fully saturated rings. The van der Waals surface area contributed by atoms with Crippen molar-refractivity contribution in [2.75, 3.05) is 12.4 Å². The molecule has 0 saturated heterocycles. The Labute approximate surface area is 218 Å². The van der Waals surface area contributed by atoms with E-state index in [-0.39, 0.29) is 36.9 Å². The third-order valence-corrected chi connectivity index (χ3v) is 7.90. The third-order valence-electron chi connectivity index (χ3n) is 7.90. The van der Waals surface area contributed by atoms with Gasteiger partial charge in [0.15, 0.2) is 0 Å². The van der Waals surface area contributed by atoms with Gasteiger partial charge in [0.2, 0.25) is 11.9 Å². The number of pyridine rings is 1. The normalized spacial score (nSPS) is 22.1. The van der Waals surface area contributed by atoms with Crippen LogP contribution in [0.1, 0.15) is 61.7 Å². The lowest BCUT2D eigenvalue weighted by Gasteiger charge is -2.28. The molecule has 0 aromatic carbocycles. The Kier molecular flexibility index (Phi) is 6.46. The summed E-state index contributed by atoms with van der Waals surface area (Å²) < 4.78 is 34.1. The zero-order valence-electron chi connectivity index (χ0n) is 21.2. The van der Waals surface area contributed by atoms with E-state index < -0.39 is 5.92 Å². The number of carbonyl (C=O) groups is 1. The maximum Gasteiger partial charge on any atom is 0.255 e. The van der Waals surface area contributed by atoms with Crippen LogP contribution < -0.4 is 10.6 Å². The maximum atomic E-state index is 13.5. The lowest BCUT2D eigenvalue weighted by molar-refractivity contribution is -0.0361. The summed E-state index contributed by atoms with van der Waals surface area (Å²) in [7, 11) is 1.74. The molecule has 4 aromatic heterocycles. The predicted octanol–water partition coefficient (Wildman–Crippen LogP) is 4.95. The van der Waals surface area contributed by atoms with E-state index in [9.17, 15) is 13.6 Å². The van der Waals surface area contributed by atoms with Crippen molar-refractivity contribution in [2.45, 2.75) is 75.5 Å². The molecule has 11 heteroatoms. The Morgan fingerprint density at radius 2 is 1.92 bits per heavy atom. The van der Waals surface area contributed by atoms with Gasteiger partial charge in [0, 0.05) is 61.6 Å². The molecule has 2 aliphatic rings. The number of hydrogen-bond donors (Lipinski definition) is 3. The lowest BCUT2D eigenvalue weighted by Crippen LogP contribution is -2.38. The van der Waals surface area contributed by atoms with Crippen molar-refractivity contribution in [3.8, 4) is 11.1 Å². The summed E-state index contributed by atoms with van der Waals surface area (Å²) in [5.74, 6) is -2.28. The first-order valence-corrected chi connectivity index (χ1v) is 13.2. The van der Waals surface area contributed by atoms with Crippen molar-refractivity contribution >= 4 is 28.4 Å². The first-order chi connectivity index (χ1) is 18.4. The van der Waals surface area contributed by atoms with Gasteiger partial charge in [0.1, 0.15) is 5.65 Å². The van der Waals surface area contributed by atoms with Crippen LogP contribution in [0.5, 0.6) is 0 Å². The Hall–Kier alpha value is -3.60. The number of hydrogen-bond acceptors (Lipinski definition) is 6. The Bertz CT molecular complexity index is 1450. The number of anilines is 1. The van der Waals surface area contributed by atoms with E-state index in [0.717, 1.165) is 42.2 Å². The highest BCUT2D eigenvalue weighted by Gasteiger charge is 2.35. The topological polar surface area (TPSA) is 109 Å². The molecular formula is C27H31F2N7O2. The molecule has 1 amide bonds. The minimum atomic E-state index is -2.57. The standard InChI is InChI=1S/C27H31F2N7O2/c1-38-19-4-2-17(3-5-19)33-25(37)22-15-32-36-11-8-16(12-23(22)36)20-13-30-24-21(20)14-31-26(35-24)34-18-6-9-27(28,29)10-7-18/h8,11-15,17-19H,2-7,9-10H2,1H3,(H,33,37)(H2,30,31,34,35)/t17-,19-. The lowest BCUT2D eigenvalue weighted by atomic mass is 9.92. The monoisotopic (exact) mass is 523 g/mol. The van der Waals surface area contributed by atoms with Crippen LogP contribution in [0.15, 0.2) is 36.9 Å². The van der Waals surface area contributed by atoms with Crippen LogP contribution in [0.3, 0.4) is 0 Å². The summed E-state index contributed by atoms with van der Waals surface area (Å²) in [6, 6.07) is 3.95. The summed E-state index contributed by atoms with van der Waals surface area (Å²) in [6.07, 6.45) is 11.5. The molecule has 2 aliphatic carbocycles. The van der Waals surface area contributed by atoms with Gasteiger partial charge in [0.05, 0.1) is 23.4 Å². The minimum Gasteiger partial charge on any atom is -0.381 e. The fourth-order valence-corrected chi connectivity index (χ4v) is 5.61. The Morgan fingerprint density at radius 1 is 1.13 bits per heavy atom. The fraction of sp³-hybridized carbons (Fsp3) is 0.481. The molecule has 0 aliphatic heterocycles. The summed E-state index contributed by atoms with van der Waals surface area (Å²) >= 11 is 0. The van der Waals surface area contributed by atoms with Gasteiger partial charge in [-0.05, 0) is 56.2 Å². The fourth-order valence-electron chi connectivity index (χ4n) is 5.61. The highest BCUT2D eigenvalue weighted by atomic mass is 19.3. The Morgan fingerprint density at radius 3 is 2.68 bits per heavy atom. The second kappa shape index (κ2) is 9.94. The molecule has 4 aromatic rings. The van der Waals surface area contributed by atoms with E-state index >= 15 is 0 Å². The van der Waals surface area contributed by atoms with Crippen LogP contribution in [0, 0.1) is 0 Å². The number of carbonyl (C=O) groups excluding carboxylic acids is 1. The van der Waals surface area contributed by atoms with Gasteiger partial charge >= 0.3 is 0 Å². The SMILES string of the molecule is CO[C@H]1CC[C@H](NC(=O)c2cnn3ccc(-c4c[nH]c5nc(NC6CCC(F)(F)CC6)ncc45)cc23)CC1. The minimum absolute atomic E-state index is 0.0645. The van der Waals surface area contributed by atoms with Crippen molar-refractivity contribution in [2.24, 2.45) is 0 Å². The summed E-state index contributed by atoms with van der Waals surface area (Å²) in [4.78, 5) is 25.3. The molecule has 9 nitrogen and oxygen atoms in total. The van der Waals surface area contributed by atoms with Crippen molar-refractivity contribution in [3.05, 3.63) is 42.5 Å². The molecule has 4 heterocycles. The van der Waals surface area contributed by atoms with Crippen molar-refractivity contribution in [3.63, 3.8) is 0 Å². The quantitative estimate of drug-likeness (QED) is 0.330. The van der Waals surface area contributed by atoms with Crippen LogP contribution in [-0.2, 0) is 4.74 Å². The van der Waals surface area contributed by atoms with Crippen molar-refractivity contribution in [1.29, 1.82) is 0 Å². The second-order valence-corrected chi connectivity index (χ2v) is 10.4. The summed E-state index contributed by atoms with van der Waals surface area (Å²) in [5.41, 5.74) is 3.70. The summed E-state index contributed by atoms with van der Waals surface area (Å²) in [5, 5.41) is 11.6. The Balaban J connectivity index is 1.20. The van der Waals surface area contributed by atoms with Crippen molar-refractivity contribution < 1.29 is 18.3 Å². The van der Waals surface area contributed by atoms with Gasteiger partial charge < -0.3 is 20.4 Å². The van der Waals surface area contributed by atoms with Crippen LogP contribution >= 0.6 is 0 Å². The maximum absolute atomic E-state index is 13.5. The number of halogens is 2. The number of rotatable bonds is 6. The summed E-state index contributed by atoms with van der Waals surface area (Å²) in [6.45, 7) is 0. The molecular weight excluding hydrogens is 492 g/mol. The molecule has 6 rings (SSSR count). The number of nitrogens with zero attached hydrogens (tertiary/aromatic N) is 4.